The molecule has 0 bridgehead atoms. The largest absolute Gasteiger partial charge is 0.374 e. The van der Waals surface area contributed by atoms with E-state index in [1.165, 1.54) is 11.1 Å². The summed E-state index contributed by atoms with van der Waals surface area (Å²) in [7, 11) is 0. The first-order valence-electron chi connectivity index (χ1n) is 14.2. The van der Waals surface area contributed by atoms with Crippen molar-refractivity contribution >= 4 is 17.4 Å². The number of benzene rings is 3. The van der Waals surface area contributed by atoms with Crippen molar-refractivity contribution in [3.05, 3.63) is 120 Å². The van der Waals surface area contributed by atoms with Crippen molar-refractivity contribution in [3.8, 4) is 11.3 Å². The molecule has 5 rings (SSSR count). The van der Waals surface area contributed by atoms with E-state index in [0.717, 1.165) is 28.8 Å². The maximum absolute atomic E-state index is 13.8. The molecule has 0 unspecified atom stereocenters. The van der Waals surface area contributed by atoms with Crippen LogP contribution < -0.4 is 16.4 Å². The molecule has 0 aliphatic heterocycles. The smallest absolute Gasteiger partial charge is 0.245 e. The normalized spacial score (nSPS) is 14.0. The van der Waals surface area contributed by atoms with E-state index >= 15 is 0 Å². The van der Waals surface area contributed by atoms with Crippen LogP contribution >= 0.6 is 0 Å². The van der Waals surface area contributed by atoms with Gasteiger partial charge in [-0.2, -0.15) is 0 Å². The van der Waals surface area contributed by atoms with E-state index in [9.17, 15) is 9.59 Å². The molecule has 4 aromatic rings. The van der Waals surface area contributed by atoms with Gasteiger partial charge in [0, 0.05) is 6.42 Å². The van der Waals surface area contributed by atoms with Gasteiger partial charge in [0.05, 0.1) is 36.7 Å². The number of nitrogens with two attached hydrogens (primary N) is 1. The lowest BCUT2D eigenvalue weighted by Gasteiger charge is -2.26. The number of rotatable bonds is 12. The number of carbonyl (C=O) groups is 2. The van der Waals surface area contributed by atoms with Crippen LogP contribution in [0.3, 0.4) is 0 Å². The average Bonchev–Trinajstić information content (AvgIpc) is 3.65. The number of ether oxygens (including phenoxy) is 1. The summed E-state index contributed by atoms with van der Waals surface area (Å²) in [5, 5.41) is 5.95. The zero-order valence-corrected chi connectivity index (χ0v) is 24.0. The monoisotopic (exact) mass is 563 g/mol. The molecule has 8 heteroatoms. The summed E-state index contributed by atoms with van der Waals surface area (Å²) in [5.41, 5.74) is 11.3. The summed E-state index contributed by atoms with van der Waals surface area (Å²) in [5.74, 6) is -0.198. The van der Waals surface area contributed by atoms with Gasteiger partial charge in [-0.05, 0) is 48.1 Å². The molecule has 0 radical (unpaired) electrons. The minimum absolute atomic E-state index is 0.0196. The van der Waals surface area contributed by atoms with Crippen molar-refractivity contribution in [3.63, 3.8) is 0 Å². The van der Waals surface area contributed by atoms with Crippen molar-refractivity contribution in [1.82, 2.24) is 20.6 Å². The fourth-order valence-corrected chi connectivity index (χ4v) is 4.93. The highest BCUT2D eigenvalue weighted by Crippen LogP contribution is 2.34. The number of amides is 2. The van der Waals surface area contributed by atoms with E-state index in [2.05, 4.69) is 38.8 Å². The van der Waals surface area contributed by atoms with E-state index in [-0.39, 0.29) is 12.5 Å². The molecule has 3 aromatic carbocycles. The third-order valence-corrected chi connectivity index (χ3v) is 7.29. The number of hydrogen-bond acceptors (Lipinski definition) is 5. The van der Waals surface area contributed by atoms with Gasteiger partial charge >= 0.3 is 0 Å². The molecule has 8 nitrogen and oxygen atoms in total. The summed E-state index contributed by atoms with van der Waals surface area (Å²) in [6, 6.07) is 26.4. The fourth-order valence-electron chi connectivity index (χ4n) is 4.93. The standard InChI is InChI=1S/C34H37N5O3/c1-34(2,35)33(41)39-30(22-42-21-23-11-5-3-6-12-23)32(40)38-28(19-26-18-17-24-13-9-10-16-27(24)26)31-36-20-29(37-31)25-14-7-4-8-15-25/h3-16,18,20,28,30H,17,19,21-22,35H2,1-2H3,(H,36,37)(H,38,40)(H,39,41)/t28-,30-/m1/s1. The topological polar surface area (TPSA) is 122 Å². The van der Waals surface area contributed by atoms with Crippen LogP contribution in [0, 0.1) is 0 Å². The van der Waals surface area contributed by atoms with Crippen LogP contribution in [-0.2, 0) is 27.4 Å². The Morgan fingerprint density at radius 2 is 1.67 bits per heavy atom. The van der Waals surface area contributed by atoms with Crippen molar-refractivity contribution in [2.45, 2.75) is 50.9 Å². The Hall–Kier alpha value is -4.53. The molecule has 5 N–H and O–H groups in total. The molecule has 1 heterocycles. The van der Waals surface area contributed by atoms with E-state index in [1.807, 2.05) is 72.8 Å². The summed E-state index contributed by atoms with van der Waals surface area (Å²) >= 11 is 0. The van der Waals surface area contributed by atoms with Crippen LogP contribution in [-0.4, -0.2) is 40.0 Å². The molecule has 2 amide bonds. The molecule has 1 aliphatic rings. The predicted molar refractivity (Wildman–Crippen MR) is 164 cm³/mol. The molecular formula is C34H37N5O3. The van der Waals surface area contributed by atoms with E-state index in [0.29, 0.717) is 18.9 Å². The molecule has 0 fully saturated rings. The van der Waals surface area contributed by atoms with Gasteiger partial charge < -0.3 is 26.1 Å². The number of imidazole rings is 1. The van der Waals surface area contributed by atoms with E-state index in [4.69, 9.17) is 10.5 Å². The van der Waals surface area contributed by atoms with Gasteiger partial charge in [0.15, 0.2) is 0 Å². The predicted octanol–water partition coefficient (Wildman–Crippen LogP) is 4.70. The van der Waals surface area contributed by atoms with Gasteiger partial charge in [0.25, 0.3) is 0 Å². The maximum atomic E-state index is 13.8. The molecular weight excluding hydrogens is 526 g/mol. The fraction of sp³-hybridized carbons (Fsp3) is 0.265. The van der Waals surface area contributed by atoms with Crippen LogP contribution in [0.1, 0.15) is 48.8 Å². The number of fused-ring (bicyclic) bond motifs is 1. The maximum Gasteiger partial charge on any atom is 0.245 e. The Balaban J connectivity index is 1.38. The third-order valence-electron chi connectivity index (χ3n) is 7.29. The minimum atomic E-state index is -1.17. The Labute approximate surface area is 246 Å². The van der Waals surface area contributed by atoms with Crippen LogP contribution in [0.2, 0.25) is 0 Å². The quantitative estimate of drug-likeness (QED) is 0.199. The lowest BCUT2D eigenvalue weighted by atomic mass is 9.99. The summed E-state index contributed by atoms with van der Waals surface area (Å²) in [4.78, 5) is 34.7. The van der Waals surface area contributed by atoms with Gasteiger partial charge in [-0.25, -0.2) is 4.98 Å². The third kappa shape index (κ3) is 7.21. The number of carbonyl (C=O) groups excluding carboxylic acids is 2. The number of hydrogen-bond donors (Lipinski definition) is 4. The van der Waals surface area contributed by atoms with Gasteiger partial charge in [-0.15, -0.1) is 0 Å². The lowest BCUT2D eigenvalue weighted by molar-refractivity contribution is -0.133. The van der Waals surface area contributed by atoms with Crippen molar-refractivity contribution in [2.24, 2.45) is 5.73 Å². The van der Waals surface area contributed by atoms with Crippen LogP contribution in [0.4, 0.5) is 0 Å². The molecule has 2 atom stereocenters. The molecule has 0 saturated heterocycles. The van der Waals surface area contributed by atoms with E-state index in [1.54, 1.807) is 20.0 Å². The SMILES string of the molecule is CC(C)(N)C(=O)N[C@H](COCc1ccccc1)C(=O)N[C@H](CC1=CCc2ccccc21)c1ncc(-c2ccccc2)[nH]1. The summed E-state index contributed by atoms with van der Waals surface area (Å²) in [6.07, 6.45) is 5.35. The second-order valence-electron chi connectivity index (χ2n) is 11.2. The van der Waals surface area contributed by atoms with Gasteiger partial charge in [-0.3, -0.25) is 9.59 Å². The highest BCUT2D eigenvalue weighted by Gasteiger charge is 2.31. The number of aromatic nitrogens is 2. The van der Waals surface area contributed by atoms with Gasteiger partial charge in [0.1, 0.15) is 11.9 Å². The first-order chi connectivity index (χ1) is 20.3. The lowest BCUT2D eigenvalue weighted by Crippen LogP contribution is -2.57. The van der Waals surface area contributed by atoms with Gasteiger partial charge in [0.2, 0.25) is 11.8 Å². The Bertz CT molecular complexity index is 1540. The number of aromatic amines is 1. The molecule has 1 aliphatic carbocycles. The highest BCUT2D eigenvalue weighted by molar-refractivity contribution is 5.91. The second kappa shape index (κ2) is 13.0. The van der Waals surface area contributed by atoms with E-state index < -0.39 is 23.5 Å². The Morgan fingerprint density at radius 1 is 0.976 bits per heavy atom. The van der Waals surface area contributed by atoms with Crippen LogP contribution in [0.5, 0.6) is 0 Å². The molecule has 216 valence electrons. The number of nitrogens with zero attached hydrogens (tertiary/aromatic N) is 1. The van der Waals surface area contributed by atoms with Crippen molar-refractivity contribution < 1.29 is 14.3 Å². The number of H-pyrrole nitrogens is 1. The van der Waals surface area contributed by atoms with Gasteiger partial charge in [-0.1, -0.05) is 91.0 Å². The summed E-state index contributed by atoms with van der Waals surface area (Å²) < 4.78 is 5.89. The minimum Gasteiger partial charge on any atom is -0.374 e. The second-order valence-corrected chi connectivity index (χ2v) is 11.2. The first kappa shape index (κ1) is 29.0. The zero-order chi connectivity index (χ0) is 29.5. The average molecular weight is 564 g/mol. The molecule has 1 aromatic heterocycles. The number of allylic oxidation sites excluding steroid dienone is 1. The Kier molecular flexibility index (Phi) is 8.95. The molecule has 0 spiro atoms. The first-order valence-corrected chi connectivity index (χ1v) is 14.2. The van der Waals surface area contributed by atoms with Crippen LogP contribution in [0.15, 0.2) is 97.2 Å². The zero-order valence-electron chi connectivity index (χ0n) is 24.0. The summed E-state index contributed by atoms with van der Waals surface area (Å²) in [6.45, 7) is 3.48. The van der Waals surface area contributed by atoms with Crippen molar-refractivity contribution in [2.75, 3.05) is 6.61 Å². The highest BCUT2D eigenvalue weighted by atomic mass is 16.5. The van der Waals surface area contributed by atoms with Crippen LogP contribution in [0.25, 0.3) is 16.8 Å². The number of nitrogens with one attached hydrogen (secondary N) is 3. The molecule has 0 saturated carbocycles. The van der Waals surface area contributed by atoms with Crippen molar-refractivity contribution in [1.29, 1.82) is 0 Å². The Morgan fingerprint density at radius 3 is 2.40 bits per heavy atom. The molecule has 42 heavy (non-hydrogen) atoms.